The number of carboxylic acid groups (broad SMARTS) is 1. The zero-order chi connectivity index (χ0) is 57.1. The van der Waals surface area contributed by atoms with Crippen LogP contribution in [0.2, 0.25) is 16.6 Å². The Morgan fingerprint density at radius 3 is 1.87 bits per heavy atom. The van der Waals surface area contributed by atoms with Crippen molar-refractivity contribution in [3.63, 3.8) is 0 Å². The molecule has 20 nitrogen and oxygen atoms in total. The second kappa shape index (κ2) is 26.6. The predicted octanol–water partition coefficient (Wildman–Crippen LogP) is 6.61. The molecule has 4 aromatic rings. The molecule has 21 heteroatoms. The van der Waals surface area contributed by atoms with Crippen LogP contribution in [0.1, 0.15) is 104 Å². The summed E-state index contributed by atoms with van der Waals surface area (Å²) < 4.78 is 59.4. The number of methoxy groups -OCH3 is 2. The fourth-order valence-electron chi connectivity index (χ4n) is 11.3. The summed E-state index contributed by atoms with van der Waals surface area (Å²) in [5, 5.41) is 12.4. The predicted molar refractivity (Wildman–Crippen MR) is 291 cm³/mol. The third-order valence-electron chi connectivity index (χ3n) is 14.7. The number of esters is 2. The van der Waals surface area contributed by atoms with Crippen molar-refractivity contribution in [3.05, 3.63) is 128 Å². The van der Waals surface area contributed by atoms with Gasteiger partial charge in [-0.3, -0.25) is 38.4 Å². The SMILES string of the molecule is COc1ccc(C(OC[C@]2(CO[Si](C(C)C)(C(C)C)C(C)C)CN(CCO[C@@H]3O[C@H](CCC(=O)O)[C@@H](OC(C)=O)[C@H](OC(C)=O)[C@H]3NC(C)=O)C[C@H](n3cc(C)c(=O)[nH]c3=O)O2)(c2ccccc2)c2ccc(OC)cc2)cc1. The molecule has 3 N–H and O–H groups in total. The first-order valence-electron chi connectivity index (χ1n) is 26.4. The molecular weight excluding hydrogens is 1020 g/mol. The van der Waals surface area contributed by atoms with Crippen molar-refractivity contribution in [3.8, 4) is 11.5 Å². The van der Waals surface area contributed by atoms with E-state index < -0.39 is 97.9 Å². The molecule has 2 saturated heterocycles. The number of H-pyrrole nitrogens is 1. The molecule has 7 atom stereocenters. The van der Waals surface area contributed by atoms with Gasteiger partial charge in [0.15, 0.2) is 33.0 Å². The van der Waals surface area contributed by atoms with Gasteiger partial charge < -0.3 is 52.7 Å². The van der Waals surface area contributed by atoms with Gasteiger partial charge in [-0.1, -0.05) is 96.1 Å². The molecule has 0 radical (unpaired) electrons. The number of rotatable bonds is 25. The lowest BCUT2D eigenvalue weighted by atomic mass is 9.79. The van der Waals surface area contributed by atoms with E-state index in [0.717, 1.165) is 30.5 Å². The van der Waals surface area contributed by atoms with Gasteiger partial charge in [0.05, 0.1) is 34.0 Å². The summed E-state index contributed by atoms with van der Waals surface area (Å²) in [4.78, 5) is 81.1. The summed E-state index contributed by atoms with van der Waals surface area (Å²) in [6.45, 7) is 18.4. The van der Waals surface area contributed by atoms with E-state index in [9.17, 15) is 33.9 Å². The number of aryl methyl sites for hydroxylation is 1. The number of carbonyl (C=O) groups excluding carboxylic acids is 3. The highest BCUT2D eigenvalue weighted by Crippen LogP contribution is 2.46. The lowest BCUT2D eigenvalue weighted by Crippen LogP contribution is -2.66. The number of hydrogen-bond acceptors (Lipinski definition) is 16. The first-order valence-corrected chi connectivity index (χ1v) is 28.6. The molecule has 0 saturated carbocycles. The minimum absolute atomic E-state index is 0.0119. The van der Waals surface area contributed by atoms with Crippen LogP contribution in [-0.2, 0) is 57.6 Å². The Morgan fingerprint density at radius 1 is 0.808 bits per heavy atom. The van der Waals surface area contributed by atoms with E-state index in [4.69, 9.17) is 42.3 Å². The summed E-state index contributed by atoms with van der Waals surface area (Å²) in [5.74, 6) is -1.92. The molecular formula is C57H78N4O16Si. The number of amides is 1. The van der Waals surface area contributed by atoms with Crippen LogP contribution >= 0.6 is 0 Å². The van der Waals surface area contributed by atoms with Gasteiger partial charge in [-0.2, -0.15) is 0 Å². The summed E-state index contributed by atoms with van der Waals surface area (Å²) in [7, 11) is 0.504. The average Bonchev–Trinajstić information content (AvgIpc) is 3.48. The van der Waals surface area contributed by atoms with E-state index >= 15 is 0 Å². The topological polar surface area (TPSA) is 242 Å². The standard InChI is InChI=1S/C57H78N4O16Si/c1-35(2)78(36(3)4,37(5)6)73-34-56(33-72-57(42-16-14-13-15-17-42,43-18-22-45(69-11)23-19-43)44-20-24-46(70-12)25-21-44)32-60(31-48(77-56)61-30-38(7)53(67)59-55(61)68)28-29-71-54-50(58-39(8)62)52(75-41(10)64)51(74-40(9)63)47(76-54)26-27-49(65)66/h13-25,30,35-37,47-48,50-52,54H,26-29,31-34H2,1-12H3,(H,58,62)(H,65,66)(H,59,67,68)/t47-,48-,50-,51-,52-,54-,56+/m1/s1. The fourth-order valence-corrected chi connectivity index (χ4v) is 16.9. The maximum absolute atomic E-state index is 14.0. The lowest BCUT2D eigenvalue weighted by Gasteiger charge is -2.50. The van der Waals surface area contributed by atoms with Gasteiger partial charge in [0.25, 0.3) is 5.56 Å². The number of hydrogen-bond donors (Lipinski definition) is 3. The smallest absolute Gasteiger partial charge is 0.330 e. The number of aromatic amines is 1. The van der Waals surface area contributed by atoms with Gasteiger partial charge in [0.2, 0.25) is 5.91 Å². The second-order valence-electron chi connectivity index (χ2n) is 21.1. The Balaban J connectivity index is 1.50. The molecule has 2 aliphatic rings. The fraction of sp³-hybridized carbons (Fsp3) is 0.544. The Hall–Kier alpha value is -6.20. The zero-order valence-corrected chi connectivity index (χ0v) is 47.9. The van der Waals surface area contributed by atoms with E-state index in [-0.39, 0.29) is 68.1 Å². The monoisotopic (exact) mass is 1100 g/mol. The average molecular weight is 1100 g/mol. The number of nitrogens with zero attached hydrogens (tertiary/aromatic N) is 2. The molecule has 1 amide bonds. The third kappa shape index (κ3) is 14.1. The number of benzene rings is 3. The van der Waals surface area contributed by atoms with Crippen LogP contribution in [-0.4, -0.2) is 142 Å². The zero-order valence-electron chi connectivity index (χ0n) is 46.9. The molecule has 0 aliphatic carbocycles. The summed E-state index contributed by atoms with van der Waals surface area (Å²) in [6, 6.07) is 23.9. The number of carboxylic acids is 1. The molecule has 0 bridgehead atoms. The molecule has 3 aromatic carbocycles. The van der Waals surface area contributed by atoms with Crippen molar-refractivity contribution >= 4 is 32.1 Å². The Kier molecular flexibility index (Phi) is 20.8. The quantitative estimate of drug-likeness (QED) is 0.0359. The van der Waals surface area contributed by atoms with E-state index in [1.54, 1.807) is 21.1 Å². The Morgan fingerprint density at radius 2 is 1.36 bits per heavy atom. The number of nitrogens with one attached hydrogen (secondary N) is 2. The van der Waals surface area contributed by atoms with E-state index in [2.05, 4.69) is 51.8 Å². The summed E-state index contributed by atoms with van der Waals surface area (Å²) in [5.41, 5.74) is -0.870. The van der Waals surface area contributed by atoms with Crippen molar-refractivity contribution in [2.75, 3.05) is 53.7 Å². The van der Waals surface area contributed by atoms with Crippen LogP contribution in [0.15, 0.2) is 94.6 Å². The molecule has 3 heterocycles. The number of aliphatic carboxylic acids is 1. The van der Waals surface area contributed by atoms with Gasteiger partial charge >= 0.3 is 23.6 Å². The van der Waals surface area contributed by atoms with Crippen molar-refractivity contribution < 1.29 is 66.6 Å². The molecule has 0 spiro atoms. The third-order valence-corrected chi connectivity index (χ3v) is 20.8. The molecule has 1 aromatic heterocycles. The van der Waals surface area contributed by atoms with Gasteiger partial charge in [-0.15, -0.1) is 0 Å². The Bertz CT molecular complexity index is 2700. The number of ether oxygens (including phenoxy) is 8. The molecule has 2 aliphatic heterocycles. The molecule has 2 fully saturated rings. The summed E-state index contributed by atoms with van der Waals surface area (Å²) >= 11 is 0. The van der Waals surface area contributed by atoms with Crippen LogP contribution in [0.3, 0.4) is 0 Å². The summed E-state index contributed by atoms with van der Waals surface area (Å²) in [6.07, 6.45) is -5.27. The van der Waals surface area contributed by atoms with Crippen LogP contribution in [0, 0.1) is 6.92 Å². The molecule has 6 rings (SSSR count). The molecule has 426 valence electrons. The van der Waals surface area contributed by atoms with Crippen molar-refractivity contribution in [2.24, 2.45) is 0 Å². The minimum Gasteiger partial charge on any atom is -0.497 e. The Labute approximate surface area is 457 Å². The van der Waals surface area contributed by atoms with Crippen LogP contribution < -0.4 is 26.0 Å². The highest BCUT2D eigenvalue weighted by Gasteiger charge is 2.53. The normalized spacial score (nSPS) is 22.0. The van der Waals surface area contributed by atoms with Crippen molar-refractivity contribution in [2.45, 2.75) is 147 Å². The second-order valence-corrected chi connectivity index (χ2v) is 26.5. The molecule has 78 heavy (non-hydrogen) atoms. The van der Waals surface area contributed by atoms with Gasteiger partial charge in [0, 0.05) is 58.6 Å². The highest BCUT2D eigenvalue weighted by atomic mass is 28.4. The van der Waals surface area contributed by atoms with Crippen LogP contribution in [0.25, 0.3) is 0 Å². The van der Waals surface area contributed by atoms with E-state index in [1.165, 1.54) is 17.7 Å². The minimum atomic E-state index is -2.70. The van der Waals surface area contributed by atoms with Gasteiger partial charge in [-0.25, -0.2) is 4.79 Å². The van der Waals surface area contributed by atoms with Crippen molar-refractivity contribution in [1.29, 1.82) is 0 Å². The highest BCUT2D eigenvalue weighted by molar-refractivity contribution is 6.77. The number of aromatic nitrogens is 2. The van der Waals surface area contributed by atoms with Crippen LogP contribution in [0.5, 0.6) is 11.5 Å². The maximum Gasteiger partial charge on any atom is 0.330 e. The van der Waals surface area contributed by atoms with Gasteiger partial charge in [-0.05, 0) is 70.9 Å². The molecule has 0 unspecified atom stereocenters. The lowest BCUT2D eigenvalue weighted by molar-refractivity contribution is -0.275. The number of morpholine rings is 1. The van der Waals surface area contributed by atoms with E-state index in [1.807, 2.05) is 83.8 Å². The van der Waals surface area contributed by atoms with Crippen molar-refractivity contribution in [1.82, 2.24) is 19.8 Å². The van der Waals surface area contributed by atoms with Crippen LogP contribution in [0.4, 0.5) is 0 Å². The first-order chi connectivity index (χ1) is 37.0. The number of carbonyl (C=O) groups is 4. The van der Waals surface area contributed by atoms with Gasteiger partial charge in [0.1, 0.15) is 34.8 Å². The first kappa shape index (κ1) is 61.0. The largest absolute Gasteiger partial charge is 0.497 e. The van der Waals surface area contributed by atoms with E-state index in [0.29, 0.717) is 11.5 Å². The maximum atomic E-state index is 14.0.